The van der Waals surface area contributed by atoms with E-state index in [1.807, 2.05) is 97.1 Å². The van der Waals surface area contributed by atoms with E-state index in [0.29, 0.717) is 29.1 Å². The van der Waals surface area contributed by atoms with Crippen LogP contribution in [0.4, 0.5) is 13.2 Å². The number of halogens is 3. The molecule has 11 heteroatoms. The molecule has 0 aliphatic carbocycles. The summed E-state index contributed by atoms with van der Waals surface area (Å²) in [5, 5.41) is 25.6. The van der Waals surface area contributed by atoms with Crippen LogP contribution in [0.2, 0.25) is 0 Å². The average Bonchev–Trinajstić information content (AvgIpc) is 3.72. The molecule has 1 N–H and O–H groups in total. The van der Waals surface area contributed by atoms with Crippen LogP contribution in [0.15, 0.2) is 140 Å². The zero-order valence-corrected chi connectivity index (χ0v) is 32.4. The van der Waals surface area contributed by atoms with Crippen molar-refractivity contribution in [1.29, 1.82) is 0 Å². The Balaban J connectivity index is 1.33. The number of benzene rings is 4. The highest BCUT2D eigenvalue weighted by Crippen LogP contribution is 2.40. The molecule has 0 saturated carbocycles. The predicted octanol–water partition coefficient (Wildman–Crippen LogP) is 10.7. The number of methoxy groups -OCH3 is 1. The molecule has 1 heterocycles. The van der Waals surface area contributed by atoms with Gasteiger partial charge in [-0.1, -0.05) is 159 Å². The van der Waals surface area contributed by atoms with Crippen molar-refractivity contribution in [2.45, 2.75) is 80.9 Å². The first-order valence-corrected chi connectivity index (χ1v) is 20.1. The van der Waals surface area contributed by atoms with Gasteiger partial charge in [-0.2, -0.15) is 24.9 Å². The summed E-state index contributed by atoms with van der Waals surface area (Å²) in [7, 11) is 1.36. The maximum atomic E-state index is 12.3. The van der Waals surface area contributed by atoms with Crippen LogP contribution in [0.5, 0.6) is 0 Å². The number of aliphatic hydroxyl groups excluding tert-OH is 1. The molecule has 4 aromatic carbocycles. The largest absolute Gasteiger partial charge is 0.469 e. The van der Waals surface area contributed by atoms with Gasteiger partial charge in [0.05, 0.1) is 24.9 Å². The van der Waals surface area contributed by atoms with Crippen LogP contribution in [0.3, 0.4) is 0 Å². The standard InChI is InChI=1S/C45H49F3N4O3S/c1-55-41(53)31-33-56-40(30-19-8-6-4-2-3-5-7-9-20-32-44(46,47)48)42(54)35-22-21-23-36(34-35)43-49-51-52(50-43)45(37-24-13-10-14-25-37,38-26-15-11-16-27-38)39-28-17-12-18-29-39/h6,8,10-19,21-30,34,40,42,54H,2-5,7,9,20,31-33H2,1H3/b8-6-,30-19+/t40-,42+/m1/s1. The van der Waals surface area contributed by atoms with E-state index in [2.05, 4.69) is 52.8 Å². The number of allylic oxidation sites excluding steroid dienone is 3. The highest BCUT2D eigenvalue weighted by molar-refractivity contribution is 8.00. The van der Waals surface area contributed by atoms with Crippen LogP contribution in [0, 0.1) is 0 Å². The molecule has 0 bridgehead atoms. The van der Waals surface area contributed by atoms with Gasteiger partial charge in [-0.15, -0.1) is 15.0 Å². The Labute approximate surface area is 331 Å². The van der Waals surface area contributed by atoms with Gasteiger partial charge in [-0.3, -0.25) is 4.79 Å². The molecule has 0 unspecified atom stereocenters. The van der Waals surface area contributed by atoms with Crippen LogP contribution in [0.1, 0.15) is 86.1 Å². The first-order chi connectivity index (χ1) is 27.2. The number of carbonyl (C=O) groups is 1. The topological polar surface area (TPSA) is 90.1 Å². The van der Waals surface area contributed by atoms with E-state index in [1.165, 1.54) is 18.9 Å². The van der Waals surface area contributed by atoms with Crippen molar-refractivity contribution in [3.8, 4) is 11.4 Å². The Hall–Kier alpha value is -5.00. The van der Waals surface area contributed by atoms with Crippen molar-refractivity contribution in [3.63, 3.8) is 0 Å². The van der Waals surface area contributed by atoms with E-state index in [0.717, 1.165) is 48.8 Å². The van der Waals surface area contributed by atoms with Gasteiger partial charge >= 0.3 is 12.1 Å². The summed E-state index contributed by atoms with van der Waals surface area (Å²) in [5.41, 5.74) is 3.34. The number of thioether (sulfide) groups is 1. The summed E-state index contributed by atoms with van der Waals surface area (Å²) in [4.78, 5) is 13.6. The van der Waals surface area contributed by atoms with Crippen molar-refractivity contribution in [2.24, 2.45) is 0 Å². The van der Waals surface area contributed by atoms with Crippen molar-refractivity contribution in [1.82, 2.24) is 20.2 Å². The molecular weight excluding hydrogens is 734 g/mol. The minimum Gasteiger partial charge on any atom is -0.469 e. The van der Waals surface area contributed by atoms with Crippen molar-refractivity contribution < 1.29 is 27.8 Å². The zero-order chi connectivity index (χ0) is 39.6. The lowest BCUT2D eigenvalue weighted by Crippen LogP contribution is -2.39. The fourth-order valence-electron chi connectivity index (χ4n) is 6.68. The molecule has 0 spiro atoms. The second kappa shape index (κ2) is 21.3. The van der Waals surface area contributed by atoms with Crippen LogP contribution < -0.4 is 0 Å². The van der Waals surface area contributed by atoms with Crippen molar-refractivity contribution in [2.75, 3.05) is 12.9 Å². The number of alkyl halides is 3. The van der Waals surface area contributed by atoms with Gasteiger partial charge in [0.25, 0.3) is 0 Å². The van der Waals surface area contributed by atoms with E-state index < -0.39 is 24.2 Å². The normalized spacial score (nSPS) is 13.3. The molecule has 5 aromatic rings. The number of hydrogen-bond acceptors (Lipinski definition) is 7. The molecule has 1 aromatic heterocycles. The summed E-state index contributed by atoms with van der Waals surface area (Å²) in [6.45, 7) is 0. The zero-order valence-electron chi connectivity index (χ0n) is 31.6. The average molecular weight is 783 g/mol. The number of carbonyl (C=O) groups excluding carboxylic acids is 1. The molecule has 0 amide bonds. The SMILES string of the molecule is COC(=O)CCS[C@H](/C=C/C=C\CCCCCCCCC(F)(F)F)[C@@H](O)c1cccc(-c2nnn(C(c3ccccc3)(c3ccccc3)c3ccccc3)n2)c1. The van der Waals surface area contributed by atoms with Crippen LogP contribution in [-0.2, 0) is 15.1 Å². The smallest absolute Gasteiger partial charge is 0.389 e. The Morgan fingerprint density at radius 1 is 0.804 bits per heavy atom. The highest BCUT2D eigenvalue weighted by atomic mass is 32.2. The lowest BCUT2D eigenvalue weighted by Gasteiger charge is -2.34. The lowest BCUT2D eigenvalue weighted by molar-refractivity contribution is -0.140. The Morgan fingerprint density at radius 2 is 1.39 bits per heavy atom. The summed E-state index contributed by atoms with van der Waals surface area (Å²) in [6, 6.07) is 37.8. The Kier molecular flexibility index (Phi) is 16.1. The van der Waals surface area contributed by atoms with Crippen molar-refractivity contribution >= 4 is 17.7 Å². The molecule has 7 nitrogen and oxygen atoms in total. The fourth-order valence-corrected chi connectivity index (χ4v) is 7.78. The minimum atomic E-state index is -4.07. The second-order valence-electron chi connectivity index (χ2n) is 13.5. The molecule has 0 aliphatic rings. The summed E-state index contributed by atoms with van der Waals surface area (Å²) in [6.07, 6.45) is 7.67. The number of aromatic nitrogens is 4. The summed E-state index contributed by atoms with van der Waals surface area (Å²) < 4.78 is 41.8. The number of rotatable bonds is 21. The predicted molar refractivity (Wildman–Crippen MR) is 217 cm³/mol. The molecule has 5 rings (SSSR count). The maximum Gasteiger partial charge on any atom is 0.389 e. The molecule has 56 heavy (non-hydrogen) atoms. The number of hydrogen-bond donors (Lipinski definition) is 1. The van der Waals surface area contributed by atoms with Gasteiger partial charge in [-0.05, 0) is 52.8 Å². The van der Waals surface area contributed by atoms with Gasteiger partial charge in [0.2, 0.25) is 5.82 Å². The third-order valence-electron chi connectivity index (χ3n) is 9.56. The minimum absolute atomic E-state index is 0.195. The van der Waals surface area contributed by atoms with Gasteiger partial charge in [0, 0.05) is 17.7 Å². The molecule has 0 fully saturated rings. The third-order valence-corrected chi connectivity index (χ3v) is 10.8. The van der Waals surface area contributed by atoms with E-state index >= 15 is 0 Å². The maximum absolute atomic E-state index is 12.3. The monoisotopic (exact) mass is 782 g/mol. The van der Waals surface area contributed by atoms with Gasteiger partial charge in [0.15, 0.2) is 5.54 Å². The number of tetrazole rings is 1. The first-order valence-electron chi connectivity index (χ1n) is 19.1. The number of ether oxygens (including phenoxy) is 1. The van der Waals surface area contributed by atoms with Crippen molar-refractivity contribution in [3.05, 3.63) is 162 Å². The Bertz CT molecular complexity index is 1870. The van der Waals surface area contributed by atoms with E-state index in [-0.39, 0.29) is 24.1 Å². The number of aliphatic hydroxyl groups is 1. The Morgan fingerprint density at radius 3 is 1.98 bits per heavy atom. The van der Waals surface area contributed by atoms with Crippen LogP contribution in [-0.4, -0.2) is 55.6 Å². The van der Waals surface area contributed by atoms with Crippen LogP contribution >= 0.6 is 11.8 Å². The molecule has 0 aliphatic heterocycles. The van der Waals surface area contributed by atoms with Gasteiger partial charge in [-0.25, -0.2) is 0 Å². The summed E-state index contributed by atoms with van der Waals surface area (Å²) in [5.74, 6) is 0.547. The highest BCUT2D eigenvalue weighted by Gasteiger charge is 2.41. The number of esters is 1. The first kappa shape index (κ1) is 42.1. The molecular formula is C45H49F3N4O3S. The molecule has 294 valence electrons. The van der Waals surface area contributed by atoms with E-state index in [9.17, 15) is 23.1 Å². The third kappa shape index (κ3) is 11.8. The lowest BCUT2D eigenvalue weighted by atomic mass is 9.77. The van der Waals surface area contributed by atoms with Gasteiger partial charge < -0.3 is 9.84 Å². The quantitative estimate of drug-likeness (QED) is 0.0343. The molecule has 2 atom stereocenters. The molecule has 0 saturated heterocycles. The number of unbranched alkanes of at least 4 members (excludes halogenated alkanes) is 6. The van der Waals surface area contributed by atoms with Crippen LogP contribution in [0.25, 0.3) is 11.4 Å². The van der Waals surface area contributed by atoms with E-state index in [4.69, 9.17) is 9.84 Å². The fraction of sp³-hybridized carbons (Fsp3) is 0.333. The van der Waals surface area contributed by atoms with Gasteiger partial charge in [0.1, 0.15) is 0 Å². The van der Waals surface area contributed by atoms with E-state index in [1.54, 1.807) is 4.80 Å². The number of nitrogens with zero attached hydrogens (tertiary/aromatic N) is 4. The second-order valence-corrected chi connectivity index (χ2v) is 14.8. The molecule has 0 radical (unpaired) electrons. The summed E-state index contributed by atoms with van der Waals surface area (Å²) >= 11 is 1.46.